The van der Waals surface area contributed by atoms with Crippen LogP contribution < -0.4 is 5.73 Å². The van der Waals surface area contributed by atoms with E-state index in [1.165, 1.54) is 0 Å². The Morgan fingerprint density at radius 2 is 1.79 bits per heavy atom. The number of hydrogen-bond donors (Lipinski definition) is 1. The number of hydrogen-bond acceptors (Lipinski definition) is 5. The highest BCUT2D eigenvalue weighted by atomic mass is 16.7. The first-order valence-corrected chi connectivity index (χ1v) is 6.52. The molecule has 0 saturated carbocycles. The highest BCUT2D eigenvalue weighted by Crippen LogP contribution is 2.38. The van der Waals surface area contributed by atoms with Gasteiger partial charge in [0, 0.05) is 24.5 Å². The summed E-state index contributed by atoms with van der Waals surface area (Å²) >= 11 is 0. The number of ether oxygens (including phenoxy) is 1. The molecule has 0 atom stereocenters. The van der Waals surface area contributed by atoms with E-state index < -0.39 is 7.12 Å². The average Bonchev–Trinajstić information content (AvgIpc) is 2.47. The van der Waals surface area contributed by atoms with E-state index in [4.69, 9.17) is 19.8 Å². The molecule has 0 amide bonds. The van der Waals surface area contributed by atoms with Crippen molar-refractivity contribution in [3.8, 4) is 0 Å². The Labute approximate surface area is 116 Å². The van der Waals surface area contributed by atoms with Crippen molar-refractivity contribution in [2.24, 2.45) is 10.7 Å². The number of rotatable bonds is 5. The van der Waals surface area contributed by atoms with E-state index in [9.17, 15) is 0 Å². The Morgan fingerprint density at radius 1 is 1.26 bits per heavy atom. The molecule has 0 bridgehead atoms. The Bertz CT molecular complexity index is 358. The summed E-state index contributed by atoms with van der Waals surface area (Å²) in [5.41, 5.74) is 6.58. The fourth-order valence-corrected chi connectivity index (χ4v) is 1.63. The smallest absolute Gasteiger partial charge is 0.402 e. The molecule has 1 fully saturated rings. The molecule has 19 heavy (non-hydrogen) atoms. The Hall–Kier alpha value is -0.845. The SMILES string of the molecule is COCCN=C/C(B1OC(C)(C)C(C)(C)O1)=C(/C)N. The molecule has 0 aromatic heterocycles. The van der Waals surface area contributed by atoms with Crippen LogP contribution in [0.2, 0.25) is 0 Å². The summed E-state index contributed by atoms with van der Waals surface area (Å²) in [6.45, 7) is 11.0. The summed E-state index contributed by atoms with van der Waals surface area (Å²) in [4.78, 5) is 4.27. The average molecular weight is 268 g/mol. The van der Waals surface area contributed by atoms with E-state index >= 15 is 0 Å². The summed E-state index contributed by atoms with van der Waals surface area (Å²) in [7, 11) is 1.18. The highest BCUT2D eigenvalue weighted by Gasteiger charge is 2.52. The van der Waals surface area contributed by atoms with Gasteiger partial charge < -0.3 is 19.8 Å². The largest absolute Gasteiger partial charge is 0.498 e. The molecule has 0 aromatic carbocycles. The zero-order valence-corrected chi connectivity index (χ0v) is 12.8. The van der Waals surface area contributed by atoms with E-state index in [1.807, 2.05) is 34.6 Å². The van der Waals surface area contributed by atoms with Gasteiger partial charge in [0.1, 0.15) is 0 Å². The first kappa shape index (κ1) is 16.2. The van der Waals surface area contributed by atoms with Crippen molar-refractivity contribution < 1.29 is 14.0 Å². The molecule has 1 aliphatic rings. The molecular formula is C13H25BN2O3. The van der Waals surface area contributed by atoms with Gasteiger partial charge in [0.15, 0.2) is 0 Å². The minimum absolute atomic E-state index is 0.376. The van der Waals surface area contributed by atoms with Crippen molar-refractivity contribution in [3.63, 3.8) is 0 Å². The molecule has 0 aliphatic carbocycles. The molecule has 0 radical (unpaired) electrons. The molecule has 1 saturated heterocycles. The monoisotopic (exact) mass is 268 g/mol. The van der Waals surface area contributed by atoms with Crippen LogP contribution in [0.3, 0.4) is 0 Å². The van der Waals surface area contributed by atoms with E-state index in [2.05, 4.69) is 4.99 Å². The van der Waals surface area contributed by atoms with Gasteiger partial charge in [-0.3, -0.25) is 4.99 Å². The van der Waals surface area contributed by atoms with Gasteiger partial charge in [0.05, 0.1) is 24.4 Å². The van der Waals surface area contributed by atoms with Crippen LogP contribution in [0.4, 0.5) is 0 Å². The lowest BCUT2D eigenvalue weighted by Gasteiger charge is -2.32. The summed E-state index contributed by atoms with van der Waals surface area (Å²) in [6.07, 6.45) is 1.72. The first-order valence-electron chi connectivity index (χ1n) is 6.52. The van der Waals surface area contributed by atoms with Crippen molar-refractivity contribution in [1.82, 2.24) is 0 Å². The molecule has 5 nitrogen and oxygen atoms in total. The standard InChI is InChI=1S/C13H25BN2O3/c1-10(15)11(9-16-7-8-17-6)14-18-12(2,3)13(4,5)19-14/h9H,7-8,15H2,1-6H3/b11-10+,16-9?. The Kier molecular flexibility index (Phi) is 5.18. The summed E-state index contributed by atoms with van der Waals surface area (Å²) in [6, 6.07) is 0. The van der Waals surface area contributed by atoms with Gasteiger partial charge in [0.25, 0.3) is 0 Å². The van der Waals surface area contributed by atoms with Gasteiger partial charge in [-0.1, -0.05) is 0 Å². The Morgan fingerprint density at radius 3 is 2.21 bits per heavy atom. The van der Waals surface area contributed by atoms with Crippen molar-refractivity contribution in [3.05, 3.63) is 11.2 Å². The Balaban J connectivity index is 2.82. The molecule has 0 spiro atoms. The van der Waals surface area contributed by atoms with Gasteiger partial charge in [-0.25, -0.2) is 0 Å². The molecular weight excluding hydrogens is 243 g/mol. The van der Waals surface area contributed by atoms with Crippen LogP contribution >= 0.6 is 0 Å². The number of methoxy groups -OCH3 is 1. The lowest BCUT2D eigenvalue weighted by molar-refractivity contribution is 0.00578. The quantitative estimate of drug-likeness (QED) is 0.467. The third-order valence-corrected chi connectivity index (χ3v) is 3.62. The zero-order chi connectivity index (χ0) is 14.7. The van der Waals surface area contributed by atoms with E-state index in [0.29, 0.717) is 18.8 Å². The van der Waals surface area contributed by atoms with Crippen LogP contribution in [0.5, 0.6) is 0 Å². The number of nitrogens with zero attached hydrogens (tertiary/aromatic N) is 1. The van der Waals surface area contributed by atoms with Gasteiger partial charge in [-0.15, -0.1) is 0 Å². The second kappa shape index (κ2) is 6.07. The van der Waals surface area contributed by atoms with E-state index in [0.717, 1.165) is 5.47 Å². The van der Waals surface area contributed by atoms with Crippen LogP contribution in [0.15, 0.2) is 16.2 Å². The molecule has 0 aromatic rings. The maximum Gasteiger partial charge on any atom is 0.498 e. The topological polar surface area (TPSA) is 66.1 Å². The molecule has 2 N–H and O–H groups in total. The second-order valence-corrected chi connectivity index (χ2v) is 5.75. The molecule has 1 heterocycles. The van der Waals surface area contributed by atoms with Crippen LogP contribution in [0, 0.1) is 0 Å². The third-order valence-electron chi connectivity index (χ3n) is 3.62. The highest BCUT2D eigenvalue weighted by molar-refractivity contribution is 6.60. The predicted octanol–water partition coefficient (Wildman–Crippen LogP) is 1.57. The normalized spacial score (nSPS) is 22.9. The minimum Gasteiger partial charge on any atom is -0.402 e. The van der Waals surface area contributed by atoms with Crippen LogP contribution in [-0.4, -0.2) is 44.8 Å². The summed E-state index contributed by atoms with van der Waals surface area (Å²) in [5.74, 6) is 0. The van der Waals surface area contributed by atoms with E-state index in [1.54, 1.807) is 13.3 Å². The molecule has 6 heteroatoms. The first-order chi connectivity index (χ1) is 8.71. The lowest BCUT2D eigenvalue weighted by atomic mass is 9.77. The second-order valence-electron chi connectivity index (χ2n) is 5.75. The van der Waals surface area contributed by atoms with Crippen LogP contribution in [0.25, 0.3) is 0 Å². The lowest BCUT2D eigenvalue weighted by Crippen LogP contribution is -2.41. The fourth-order valence-electron chi connectivity index (χ4n) is 1.63. The number of aliphatic imine (C=N–C) groups is 1. The number of allylic oxidation sites excluding steroid dienone is 2. The van der Waals surface area contributed by atoms with Gasteiger partial charge >= 0.3 is 7.12 Å². The fraction of sp³-hybridized carbons (Fsp3) is 0.769. The summed E-state index contributed by atoms with van der Waals surface area (Å²) < 4.78 is 16.9. The maximum absolute atomic E-state index is 5.96. The predicted molar refractivity (Wildman–Crippen MR) is 78.2 cm³/mol. The van der Waals surface area contributed by atoms with Crippen molar-refractivity contribution >= 4 is 13.3 Å². The van der Waals surface area contributed by atoms with Gasteiger partial charge in [-0.2, -0.15) is 0 Å². The zero-order valence-electron chi connectivity index (χ0n) is 12.8. The van der Waals surface area contributed by atoms with Crippen molar-refractivity contribution in [2.75, 3.05) is 20.3 Å². The molecule has 1 rings (SSSR count). The van der Waals surface area contributed by atoms with Crippen LogP contribution in [-0.2, 0) is 14.0 Å². The van der Waals surface area contributed by atoms with Crippen molar-refractivity contribution in [1.29, 1.82) is 0 Å². The minimum atomic E-state index is -0.471. The van der Waals surface area contributed by atoms with Gasteiger partial charge in [-0.05, 0) is 34.6 Å². The van der Waals surface area contributed by atoms with Gasteiger partial charge in [0.2, 0.25) is 0 Å². The van der Waals surface area contributed by atoms with Crippen LogP contribution in [0.1, 0.15) is 34.6 Å². The summed E-state index contributed by atoms with van der Waals surface area (Å²) in [5, 5.41) is 0. The number of nitrogens with two attached hydrogens (primary N) is 1. The van der Waals surface area contributed by atoms with E-state index in [-0.39, 0.29) is 11.2 Å². The maximum atomic E-state index is 5.96. The molecule has 108 valence electrons. The third kappa shape index (κ3) is 3.81. The van der Waals surface area contributed by atoms with Crippen molar-refractivity contribution in [2.45, 2.75) is 45.8 Å². The molecule has 0 unspecified atom stereocenters. The molecule has 1 aliphatic heterocycles.